The van der Waals surface area contributed by atoms with Gasteiger partial charge in [0.1, 0.15) is 5.69 Å². The molecule has 27 heavy (non-hydrogen) atoms. The fourth-order valence-electron chi connectivity index (χ4n) is 3.32. The van der Waals surface area contributed by atoms with Crippen molar-refractivity contribution in [3.63, 3.8) is 0 Å². The monoisotopic (exact) mass is 377 g/mol. The zero-order valence-corrected chi connectivity index (χ0v) is 15.8. The van der Waals surface area contributed by atoms with Crippen molar-refractivity contribution in [2.75, 3.05) is 11.9 Å². The summed E-state index contributed by atoms with van der Waals surface area (Å²) >= 11 is 6.16. The molecular weight excluding hydrogens is 358 g/mol. The minimum atomic E-state index is -0.0324. The second kappa shape index (κ2) is 7.41. The lowest BCUT2D eigenvalue weighted by Gasteiger charge is -2.28. The number of benzene rings is 2. The van der Waals surface area contributed by atoms with Crippen molar-refractivity contribution in [3.8, 4) is 0 Å². The Hall–Kier alpha value is -2.85. The lowest BCUT2D eigenvalue weighted by Crippen LogP contribution is -2.36. The van der Waals surface area contributed by atoms with Gasteiger partial charge < -0.3 is 10.2 Å². The van der Waals surface area contributed by atoms with Crippen molar-refractivity contribution < 1.29 is 4.79 Å². The molecule has 0 atom stereocenters. The fraction of sp³-hybridized carbons (Fsp3) is 0.182. The third-order valence-electron chi connectivity index (χ3n) is 4.95. The van der Waals surface area contributed by atoms with Gasteiger partial charge in [-0.2, -0.15) is 0 Å². The number of carbonyl (C=O) groups excluding carboxylic acids is 1. The topological polar surface area (TPSA) is 45.2 Å². The van der Waals surface area contributed by atoms with E-state index in [0.717, 1.165) is 29.9 Å². The minimum absolute atomic E-state index is 0.0324. The molecule has 1 aliphatic heterocycles. The molecule has 4 nitrogen and oxygen atoms in total. The molecule has 1 aromatic heterocycles. The van der Waals surface area contributed by atoms with Crippen LogP contribution in [0.25, 0.3) is 0 Å². The van der Waals surface area contributed by atoms with Gasteiger partial charge in [0.25, 0.3) is 5.91 Å². The maximum atomic E-state index is 12.8. The van der Waals surface area contributed by atoms with Crippen molar-refractivity contribution >= 4 is 28.9 Å². The van der Waals surface area contributed by atoms with Crippen molar-refractivity contribution in [2.45, 2.75) is 19.9 Å². The third kappa shape index (κ3) is 3.67. The Labute approximate surface area is 163 Å². The molecule has 0 radical (unpaired) electrons. The number of aromatic nitrogens is 1. The van der Waals surface area contributed by atoms with Gasteiger partial charge in [0.15, 0.2) is 0 Å². The highest BCUT2D eigenvalue weighted by atomic mass is 35.5. The van der Waals surface area contributed by atoms with Crippen molar-refractivity contribution in [1.29, 1.82) is 0 Å². The Morgan fingerprint density at radius 2 is 1.89 bits per heavy atom. The van der Waals surface area contributed by atoms with Gasteiger partial charge in [-0.25, -0.2) is 4.98 Å². The van der Waals surface area contributed by atoms with E-state index in [1.807, 2.05) is 48.2 Å². The van der Waals surface area contributed by atoms with E-state index in [0.29, 0.717) is 17.3 Å². The standard InChI is InChI=1S/C22H20ClN3O/c1-15-19(23)7-4-8-20(15)25-18-9-10-21(24-13-18)22(27)26-12-11-16-5-2-3-6-17(16)14-26/h2-10,13,25H,11-12,14H2,1H3. The van der Waals surface area contributed by atoms with Gasteiger partial charge in [-0.1, -0.05) is 41.9 Å². The quantitative estimate of drug-likeness (QED) is 0.699. The van der Waals surface area contributed by atoms with Crippen LogP contribution >= 0.6 is 11.6 Å². The zero-order chi connectivity index (χ0) is 18.8. The van der Waals surface area contributed by atoms with Crippen molar-refractivity contribution in [3.05, 3.63) is 88.2 Å². The van der Waals surface area contributed by atoms with Crippen molar-refractivity contribution in [1.82, 2.24) is 9.88 Å². The number of carbonyl (C=O) groups is 1. The second-order valence-electron chi connectivity index (χ2n) is 6.71. The largest absolute Gasteiger partial charge is 0.354 e. The number of hydrogen-bond donors (Lipinski definition) is 1. The number of pyridine rings is 1. The molecule has 4 rings (SSSR count). The Balaban J connectivity index is 1.47. The van der Waals surface area contributed by atoms with E-state index < -0.39 is 0 Å². The lowest BCUT2D eigenvalue weighted by molar-refractivity contribution is 0.0729. The Morgan fingerprint density at radius 3 is 2.67 bits per heavy atom. The summed E-state index contributed by atoms with van der Waals surface area (Å²) < 4.78 is 0. The van der Waals surface area contributed by atoms with E-state index in [-0.39, 0.29) is 5.91 Å². The van der Waals surface area contributed by atoms with E-state index in [1.165, 1.54) is 11.1 Å². The molecule has 1 aliphatic rings. The summed E-state index contributed by atoms with van der Waals surface area (Å²) in [5, 5.41) is 4.01. The van der Waals surface area contributed by atoms with Crippen LogP contribution in [0.3, 0.4) is 0 Å². The summed E-state index contributed by atoms with van der Waals surface area (Å²) in [7, 11) is 0. The first-order chi connectivity index (χ1) is 13.1. The van der Waals surface area contributed by atoms with Crippen LogP contribution in [0.5, 0.6) is 0 Å². The average molecular weight is 378 g/mol. The summed E-state index contributed by atoms with van der Waals surface area (Å²) in [6.45, 7) is 3.32. The van der Waals surface area contributed by atoms with Gasteiger partial charge in [0.2, 0.25) is 0 Å². The molecule has 5 heteroatoms. The number of anilines is 2. The molecule has 3 aromatic rings. The number of fused-ring (bicyclic) bond motifs is 1. The van der Waals surface area contributed by atoms with Crippen LogP contribution in [0.15, 0.2) is 60.8 Å². The van der Waals surface area contributed by atoms with Crippen LogP contribution in [-0.2, 0) is 13.0 Å². The Bertz CT molecular complexity index is 985. The highest BCUT2D eigenvalue weighted by molar-refractivity contribution is 6.31. The molecule has 0 saturated carbocycles. The van der Waals surface area contributed by atoms with Crippen LogP contribution in [0.2, 0.25) is 5.02 Å². The predicted octanol–water partition coefficient (Wildman–Crippen LogP) is 4.99. The summed E-state index contributed by atoms with van der Waals surface area (Å²) in [4.78, 5) is 19.0. The third-order valence-corrected chi connectivity index (χ3v) is 5.36. The maximum absolute atomic E-state index is 12.8. The minimum Gasteiger partial charge on any atom is -0.354 e. The SMILES string of the molecule is Cc1c(Cl)cccc1Nc1ccc(C(=O)N2CCc3ccccc3C2)nc1. The Morgan fingerprint density at radius 1 is 1.07 bits per heavy atom. The molecule has 2 aromatic carbocycles. The zero-order valence-electron chi connectivity index (χ0n) is 15.1. The summed E-state index contributed by atoms with van der Waals surface area (Å²) in [5.41, 5.74) is 5.73. The smallest absolute Gasteiger partial charge is 0.272 e. The number of hydrogen-bond acceptors (Lipinski definition) is 3. The van der Waals surface area contributed by atoms with E-state index >= 15 is 0 Å². The average Bonchev–Trinajstić information content (AvgIpc) is 2.71. The molecule has 1 N–H and O–H groups in total. The number of rotatable bonds is 3. The predicted molar refractivity (Wildman–Crippen MR) is 109 cm³/mol. The highest BCUT2D eigenvalue weighted by Crippen LogP contribution is 2.26. The van der Waals surface area contributed by atoms with Gasteiger partial charge >= 0.3 is 0 Å². The first-order valence-corrected chi connectivity index (χ1v) is 9.34. The van der Waals surface area contributed by atoms with Crippen LogP contribution in [0.1, 0.15) is 27.2 Å². The summed E-state index contributed by atoms with van der Waals surface area (Å²) in [6, 6.07) is 17.6. The van der Waals surface area contributed by atoms with E-state index in [2.05, 4.69) is 22.4 Å². The van der Waals surface area contributed by atoms with Gasteiger partial charge in [-0.05, 0) is 54.3 Å². The van der Waals surface area contributed by atoms with Gasteiger partial charge in [0.05, 0.1) is 11.9 Å². The number of nitrogens with one attached hydrogen (secondary N) is 1. The van der Waals surface area contributed by atoms with Crippen LogP contribution < -0.4 is 5.32 Å². The van der Waals surface area contributed by atoms with Gasteiger partial charge in [-0.3, -0.25) is 4.79 Å². The van der Waals surface area contributed by atoms with Crippen LogP contribution in [0, 0.1) is 6.92 Å². The molecule has 136 valence electrons. The highest BCUT2D eigenvalue weighted by Gasteiger charge is 2.22. The summed E-state index contributed by atoms with van der Waals surface area (Å²) in [6.07, 6.45) is 2.57. The Kier molecular flexibility index (Phi) is 4.82. The molecule has 0 fully saturated rings. The number of halogens is 1. The molecule has 0 unspecified atom stereocenters. The van der Waals surface area contributed by atoms with E-state index in [1.54, 1.807) is 12.3 Å². The molecule has 1 amide bonds. The van der Waals surface area contributed by atoms with E-state index in [9.17, 15) is 4.79 Å². The van der Waals surface area contributed by atoms with E-state index in [4.69, 9.17) is 11.6 Å². The molecule has 0 saturated heterocycles. The first kappa shape index (κ1) is 17.6. The fourth-order valence-corrected chi connectivity index (χ4v) is 3.50. The molecule has 2 heterocycles. The molecular formula is C22H20ClN3O. The molecule has 0 bridgehead atoms. The van der Waals surface area contributed by atoms with Crippen LogP contribution in [-0.4, -0.2) is 22.3 Å². The van der Waals surface area contributed by atoms with Crippen LogP contribution in [0.4, 0.5) is 11.4 Å². The van der Waals surface area contributed by atoms with Gasteiger partial charge in [-0.15, -0.1) is 0 Å². The normalized spacial score (nSPS) is 13.2. The van der Waals surface area contributed by atoms with Gasteiger partial charge in [0, 0.05) is 23.8 Å². The number of amides is 1. The lowest BCUT2D eigenvalue weighted by atomic mass is 10.00. The second-order valence-corrected chi connectivity index (χ2v) is 7.12. The molecule has 0 aliphatic carbocycles. The van der Waals surface area contributed by atoms with Crippen molar-refractivity contribution in [2.24, 2.45) is 0 Å². The summed E-state index contributed by atoms with van der Waals surface area (Å²) in [5.74, 6) is -0.0324. The number of nitrogens with zero attached hydrogens (tertiary/aromatic N) is 2. The molecule has 0 spiro atoms. The maximum Gasteiger partial charge on any atom is 0.272 e. The first-order valence-electron chi connectivity index (χ1n) is 8.96.